The molecule has 0 bridgehead atoms. The highest BCUT2D eigenvalue weighted by atomic mass is 35.5. The zero-order valence-corrected chi connectivity index (χ0v) is 18.7. The monoisotopic (exact) mass is 467 g/mol. The Balaban J connectivity index is 1.59. The van der Waals surface area contributed by atoms with Gasteiger partial charge in [-0.1, -0.05) is 54.2 Å². The first-order chi connectivity index (χ1) is 14.4. The van der Waals surface area contributed by atoms with Gasteiger partial charge in [-0.3, -0.25) is 0 Å². The van der Waals surface area contributed by atoms with Crippen LogP contribution >= 0.6 is 23.2 Å². The predicted octanol–water partition coefficient (Wildman–Crippen LogP) is 5.31. The average molecular weight is 468 g/mol. The Morgan fingerprint density at radius 2 is 1.67 bits per heavy atom. The second-order valence-electron chi connectivity index (χ2n) is 7.06. The van der Waals surface area contributed by atoms with E-state index in [0.29, 0.717) is 34.3 Å². The van der Waals surface area contributed by atoms with Gasteiger partial charge in [-0.15, -0.1) is 0 Å². The average Bonchev–Trinajstić information content (AvgIpc) is 3.02. The molecule has 8 heteroatoms. The van der Waals surface area contributed by atoms with Gasteiger partial charge in [0, 0.05) is 34.8 Å². The minimum absolute atomic E-state index is 0.0339. The summed E-state index contributed by atoms with van der Waals surface area (Å²) in [5.74, 6) is -0.526. The smallest absolute Gasteiger partial charge is 0.331 e. The topological polar surface area (TPSA) is 63.7 Å². The van der Waals surface area contributed by atoms with E-state index in [-0.39, 0.29) is 11.5 Å². The third kappa shape index (κ3) is 6.08. The van der Waals surface area contributed by atoms with E-state index in [1.807, 2.05) is 0 Å². The van der Waals surface area contributed by atoms with Gasteiger partial charge in [-0.05, 0) is 48.7 Å². The van der Waals surface area contributed by atoms with E-state index in [0.717, 1.165) is 25.7 Å². The molecule has 0 amide bonds. The number of rotatable bonds is 6. The molecule has 0 radical (unpaired) electrons. The van der Waals surface area contributed by atoms with Crippen molar-refractivity contribution < 1.29 is 17.9 Å². The highest BCUT2D eigenvalue weighted by molar-refractivity contribution is 7.89. The summed E-state index contributed by atoms with van der Waals surface area (Å²) in [4.78, 5) is 12.2. The summed E-state index contributed by atoms with van der Waals surface area (Å²) in [5.41, 5.74) is 1.36. The van der Waals surface area contributed by atoms with E-state index in [2.05, 4.69) is 0 Å². The van der Waals surface area contributed by atoms with Gasteiger partial charge in [-0.25, -0.2) is 13.2 Å². The van der Waals surface area contributed by atoms with E-state index in [1.54, 1.807) is 52.8 Å². The summed E-state index contributed by atoms with van der Waals surface area (Å²) in [6.07, 6.45) is 6.79. The highest BCUT2D eigenvalue weighted by Gasteiger charge is 2.24. The van der Waals surface area contributed by atoms with Crippen LogP contribution in [0.5, 0.6) is 0 Å². The molecule has 1 aliphatic heterocycles. The summed E-state index contributed by atoms with van der Waals surface area (Å²) in [6, 6.07) is 11.4. The fraction of sp³-hybridized carbons (Fsp3) is 0.318. The molecule has 30 heavy (non-hydrogen) atoms. The number of hydrogen-bond donors (Lipinski definition) is 0. The van der Waals surface area contributed by atoms with Gasteiger partial charge in [-0.2, -0.15) is 4.31 Å². The number of esters is 1. The van der Waals surface area contributed by atoms with Crippen molar-refractivity contribution in [2.75, 3.05) is 13.1 Å². The van der Waals surface area contributed by atoms with E-state index in [4.69, 9.17) is 27.9 Å². The van der Waals surface area contributed by atoms with Crippen LogP contribution in [0.1, 0.15) is 36.8 Å². The highest BCUT2D eigenvalue weighted by Crippen LogP contribution is 2.22. The van der Waals surface area contributed by atoms with Crippen LogP contribution in [0, 0.1) is 0 Å². The van der Waals surface area contributed by atoms with Crippen LogP contribution in [-0.4, -0.2) is 31.8 Å². The van der Waals surface area contributed by atoms with Crippen molar-refractivity contribution in [1.82, 2.24) is 4.31 Å². The van der Waals surface area contributed by atoms with Crippen molar-refractivity contribution in [3.05, 3.63) is 69.7 Å². The summed E-state index contributed by atoms with van der Waals surface area (Å²) in [7, 11) is -3.48. The number of halogens is 2. The molecule has 0 spiro atoms. The quantitative estimate of drug-likeness (QED) is 0.426. The maximum Gasteiger partial charge on any atom is 0.331 e. The lowest BCUT2D eigenvalue weighted by atomic mass is 10.2. The van der Waals surface area contributed by atoms with E-state index in [1.165, 1.54) is 6.08 Å². The largest absolute Gasteiger partial charge is 0.458 e. The molecule has 1 heterocycles. The molecule has 0 unspecified atom stereocenters. The second kappa shape index (κ2) is 10.4. The Morgan fingerprint density at radius 3 is 2.30 bits per heavy atom. The van der Waals surface area contributed by atoms with Gasteiger partial charge in [0.15, 0.2) is 0 Å². The van der Waals surface area contributed by atoms with Gasteiger partial charge in [0.2, 0.25) is 10.0 Å². The number of ether oxygens (including phenoxy) is 1. The molecule has 0 atom stereocenters. The third-order valence-electron chi connectivity index (χ3n) is 4.88. The third-order valence-corrected chi connectivity index (χ3v) is 7.38. The minimum atomic E-state index is -3.48. The Morgan fingerprint density at radius 1 is 1.00 bits per heavy atom. The Kier molecular flexibility index (Phi) is 7.94. The number of hydrogen-bond acceptors (Lipinski definition) is 4. The molecule has 1 saturated heterocycles. The van der Waals surface area contributed by atoms with E-state index in [9.17, 15) is 13.2 Å². The van der Waals surface area contributed by atoms with Gasteiger partial charge in [0.1, 0.15) is 6.61 Å². The van der Waals surface area contributed by atoms with Crippen LogP contribution in [0.15, 0.2) is 53.4 Å². The first-order valence-electron chi connectivity index (χ1n) is 9.75. The minimum Gasteiger partial charge on any atom is -0.458 e. The maximum atomic E-state index is 12.8. The first-order valence-corrected chi connectivity index (χ1v) is 11.9. The molecule has 2 aromatic carbocycles. The number of sulfonamides is 1. The van der Waals surface area contributed by atoms with E-state index < -0.39 is 16.0 Å². The van der Waals surface area contributed by atoms with Gasteiger partial charge >= 0.3 is 5.97 Å². The number of carbonyl (C=O) groups excluding carboxylic acids is 1. The van der Waals surface area contributed by atoms with Crippen molar-refractivity contribution in [2.45, 2.75) is 37.2 Å². The molecule has 0 saturated carbocycles. The molecular weight excluding hydrogens is 445 g/mol. The lowest BCUT2D eigenvalue weighted by Gasteiger charge is -2.19. The number of benzene rings is 2. The first kappa shape index (κ1) is 22.8. The molecular formula is C22H23Cl2NO4S. The summed E-state index contributed by atoms with van der Waals surface area (Å²) < 4.78 is 32.3. The Hall–Kier alpha value is -1.86. The van der Waals surface area contributed by atoms with Crippen molar-refractivity contribution in [2.24, 2.45) is 0 Å². The molecule has 2 aromatic rings. The zero-order chi connectivity index (χ0) is 21.6. The van der Waals surface area contributed by atoms with Crippen LogP contribution in [0.2, 0.25) is 10.0 Å². The lowest BCUT2D eigenvalue weighted by Crippen LogP contribution is -2.31. The van der Waals surface area contributed by atoms with Crippen LogP contribution in [0.25, 0.3) is 6.08 Å². The van der Waals surface area contributed by atoms with Crippen molar-refractivity contribution in [1.29, 1.82) is 0 Å². The SMILES string of the molecule is O=C(/C=C/c1ccc(S(=O)(=O)N2CCCCCC2)cc1)OCc1ccc(Cl)cc1Cl. The van der Waals surface area contributed by atoms with Gasteiger partial charge < -0.3 is 4.74 Å². The normalized spacial score (nSPS) is 15.8. The lowest BCUT2D eigenvalue weighted by molar-refractivity contribution is -0.138. The summed E-state index contributed by atoms with van der Waals surface area (Å²) >= 11 is 11.9. The Bertz CT molecular complexity index is 1010. The summed E-state index contributed by atoms with van der Waals surface area (Å²) in [6.45, 7) is 1.16. The molecule has 0 aromatic heterocycles. The number of carbonyl (C=O) groups is 1. The van der Waals surface area contributed by atoms with E-state index >= 15 is 0 Å². The van der Waals surface area contributed by atoms with Crippen LogP contribution in [0.3, 0.4) is 0 Å². The van der Waals surface area contributed by atoms with Gasteiger partial charge in [0.05, 0.1) is 4.90 Å². The van der Waals surface area contributed by atoms with Crippen molar-refractivity contribution in [3.8, 4) is 0 Å². The fourth-order valence-electron chi connectivity index (χ4n) is 3.18. The molecule has 5 nitrogen and oxygen atoms in total. The maximum absolute atomic E-state index is 12.8. The fourth-order valence-corrected chi connectivity index (χ4v) is 5.16. The van der Waals surface area contributed by atoms with Gasteiger partial charge in [0.25, 0.3) is 0 Å². The standard InChI is InChI=1S/C22H23Cl2NO4S/c23-19-9-8-18(21(24)15-19)16-29-22(26)12-7-17-5-10-20(11-6-17)30(27,28)25-13-3-1-2-4-14-25/h5-12,15H,1-4,13-14,16H2/b12-7+. The van der Waals surface area contributed by atoms with Crippen LogP contribution < -0.4 is 0 Å². The van der Waals surface area contributed by atoms with Crippen LogP contribution in [-0.2, 0) is 26.2 Å². The van der Waals surface area contributed by atoms with Crippen molar-refractivity contribution in [3.63, 3.8) is 0 Å². The number of nitrogens with zero attached hydrogens (tertiary/aromatic N) is 1. The van der Waals surface area contributed by atoms with Crippen LogP contribution in [0.4, 0.5) is 0 Å². The zero-order valence-electron chi connectivity index (χ0n) is 16.4. The van der Waals surface area contributed by atoms with Crippen molar-refractivity contribution >= 4 is 45.3 Å². The molecule has 1 fully saturated rings. The molecule has 0 N–H and O–H groups in total. The molecule has 160 valence electrons. The predicted molar refractivity (Wildman–Crippen MR) is 119 cm³/mol. The molecule has 3 rings (SSSR count). The summed E-state index contributed by atoms with van der Waals surface area (Å²) in [5, 5.41) is 0.941. The second-order valence-corrected chi connectivity index (χ2v) is 9.85. The Labute approximate surface area is 187 Å². The molecule has 0 aliphatic carbocycles. The molecule has 1 aliphatic rings.